The highest BCUT2D eigenvalue weighted by Crippen LogP contribution is 2.36. The van der Waals surface area contributed by atoms with Crippen LogP contribution in [0.4, 0.5) is 0 Å². The van der Waals surface area contributed by atoms with Crippen molar-refractivity contribution in [3.8, 4) is 34.2 Å². The number of rotatable bonds is 3. The van der Waals surface area contributed by atoms with Gasteiger partial charge in [0.05, 0.1) is 0 Å². The predicted octanol–water partition coefficient (Wildman–Crippen LogP) is 9.55. The maximum atomic E-state index is 5.01. The zero-order chi connectivity index (χ0) is 25.8. The van der Waals surface area contributed by atoms with E-state index < -0.39 is 0 Å². The fourth-order valence-corrected chi connectivity index (χ4v) is 6.43. The van der Waals surface area contributed by atoms with Gasteiger partial charge in [-0.1, -0.05) is 103 Å². The van der Waals surface area contributed by atoms with Gasteiger partial charge in [-0.2, -0.15) is 0 Å². The monoisotopic (exact) mass is 515 g/mol. The molecule has 0 aliphatic heterocycles. The molecule has 0 saturated heterocycles. The van der Waals surface area contributed by atoms with E-state index in [1.165, 1.54) is 30.9 Å². The average molecular weight is 516 g/mol. The van der Waals surface area contributed by atoms with E-state index in [2.05, 4.69) is 127 Å². The Morgan fingerprint density at radius 3 is 1.44 bits per heavy atom. The van der Waals surface area contributed by atoms with E-state index in [0.29, 0.717) is 17.5 Å². The molecule has 0 fully saturated rings. The summed E-state index contributed by atoms with van der Waals surface area (Å²) in [6, 6.07) is 44.6. The molecule has 0 aliphatic rings. The third kappa shape index (κ3) is 3.85. The minimum atomic E-state index is 0.672. The number of thiophene rings is 1. The molecule has 8 aromatic rings. The lowest BCUT2D eigenvalue weighted by Gasteiger charge is -2.10. The van der Waals surface area contributed by atoms with Crippen LogP contribution in [0.1, 0.15) is 0 Å². The van der Waals surface area contributed by atoms with Crippen molar-refractivity contribution in [2.75, 3.05) is 0 Å². The number of aromatic nitrogens is 3. The molecule has 0 aliphatic carbocycles. The summed E-state index contributed by atoms with van der Waals surface area (Å²) >= 11 is 1.80. The molecule has 2 heterocycles. The van der Waals surface area contributed by atoms with E-state index in [9.17, 15) is 0 Å². The molecule has 0 N–H and O–H groups in total. The predicted molar refractivity (Wildman–Crippen MR) is 164 cm³/mol. The van der Waals surface area contributed by atoms with E-state index >= 15 is 0 Å². The van der Waals surface area contributed by atoms with E-state index in [0.717, 1.165) is 27.5 Å². The second-order valence-electron chi connectivity index (χ2n) is 9.74. The second-order valence-corrected chi connectivity index (χ2v) is 10.8. The summed E-state index contributed by atoms with van der Waals surface area (Å²) in [6.45, 7) is 0. The van der Waals surface area contributed by atoms with Crippen LogP contribution >= 0.6 is 11.3 Å². The number of hydrogen-bond donors (Lipinski definition) is 0. The zero-order valence-electron chi connectivity index (χ0n) is 20.9. The van der Waals surface area contributed by atoms with Gasteiger partial charge in [-0.3, -0.25) is 0 Å². The smallest absolute Gasteiger partial charge is 0.164 e. The molecular formula is C35H21N3S. The van der Waals surface area contributed by atoms with Gasteiger partial charge in [0.15, 0.2) is 17.5 Å². The topological polar surface area (TPSA) is 38.7 Å². The SMILES string of the molecule is c1ccc2cc(-c3nc(-c4ccc5ccccc5c4)nc(-c4ccc5c(c4)sc4ccccc45)n3)ccc2c1. The fraction of sp³-hybridized carbons (Fsp3) is 0. The van der Waals surface area contributed by atoms with Crippen molar-refractivity contribution in [3.05, 3.63) is 127 Å². The van der Waals surface area contributed by atoms with Crippen LogP contribution in [0.15, 0.2) is 127 Å². The Labute approximate surface area is 229 Å². The summed E-state index contributed by atoms with van der Waals surface area (Å²) in [5, 5.41) is 7.26. The number of fused-ring (bicyclic) bond motifs is 5. The molecule has 0 bridgehead atoms. The Hall–Kier alpha value is -4.93. The quantitative estimate of drug-likeness (QED) is 0.235. The van der Waals surface area contributed by atoms with Gasteiger partial charge in [-0.25, -0.2) is 15.0 Å². The van der Waals surface area contributed by atoms with Crippen molar-refractivity contribution in [1.82, 2.24) is 15.0 Å². The van der Waals surface area contributed by atoms with Gasteiger partial charge >= 0.3 is 0 Å². The van der Waals surface area contributed by atoms with Gasteiger partial charge in [0, 0.05) is 36.9 Å². The molecule has 182 valence electrons. The summed E-state index contributed by atoms with van der Waals surface area (Å²) < 4.78 is 2.52. The molecule has 0 radical (unpaired) electrons. The molecule has 2 aromatic heterocycles. The molecule has 0 unspecified atom stereocenters. The molecule has 0 spiro atoms. The van der Waals surface area contributed by atoms with Crippen LogP contribution in [0, 0.1) is 0 Å². The van der Waals surface area contributed by atoms with Crippen molar-refractivity contribution < 1.29 is 0 Å². The summed E-state index contributed by atoms with van der Waals surface area (Å²) in [4.78, 5) is 15.0. The van der Waals surface area contributed by atoms with Gasteiger partial charge in [-0.15, -0.1) is 11.3 Å². The second kappa shape index (κ2) is 8.83. The van der Waals surface area contributed by atoms with Crippen molar-refractivity contribution >= 4 is 53.1 Å². The first-order valence-electron chi connectivity index (χ1n) is 12.9. The Kier molecular flexibility index (Phi) is 5.00. The first-order valence-corrected chi connectivity index (χ1v) is 13.8. The molecule has 8 rings (SSSR count). The van der Waals surface area contributed by atoms with Gasteiger partial charge < -0.3 is 0 Å². The Morgan fingerprint density at radius 2 is 0.821 bits per heavy atom. The van der Waals surface area contributed by atoms with Gasteiger partial charge in [0.25, 0.3) is 0 Å². The normalized spacial score (nSPS) is 11.6. The lowest BCUT2D eigenvalue weighted by Crippen LogP contribution is -2.00. The van der Waals surface area contributed by atoms with Crippen molar-refractivity contribution in [1.29, 1.82) is 0 Å². The Morgan fingerprint density at radius 1 is 0.359 bits per heavy atom. The first-order chi connectivity index (χ1) is 19.3. The van der Waals surface area contributed by atoms with E-state index in [-0.39, 0.29) is 0 Å². The van der Waals surface area contributed by atoms with Crippen LogP contribution in [-0.4, -0.2) is 15.0 Å². The molecule has 4 heteroatoms. The van der Waals surface area contributed by atoms with Gasteiger partial charge in [0.2, 0.25) is 0 Å². The highest BCUT2D eigenvalue weighted by atomic mass is 32.1. The Balaban J connectivity index is 1.34. The highest BCUT2D eigenvalue weighted by Gasteiger charge is 2.14. The van der Waals surface area contributed by atoms with Crippen molar-refractivity contribution in [2.45, 2.75) is 0 Å². The molecule has 0 amide bonds. The van der Waals surface area contributed by atoms with Crippen LogP contribution in [0.25, 0.3) is 75.9 Å². The van der Waals surface area contributed by atoms with E-state index in [4.69, 9.17) is 15.0 Å². The van der Waals surface area contributed by atoms with Crippen LogP contribution in [0.5, 0.6) is 0 Å². The maximum absolute atomic E-state index is 5.01. The average Bonchev–Trinajstić information content (AvgIpc) is 3.38. The van der Waals surface area contributed by atoms with Crippen molar-refractivity contribution in [2.24, 2.45) is 0 Å². The standard InChI is InChI=1S/C35H21N3S/c1-3-9-24-19-26(15-13-22(24)7-1)33-36-34(27-16-14-23-8-2-4-10-25(23)20-27)38-35(37-33)28-17-18-30-29-11-5-6-12-31(29)39-32(30)21-28/h1-21H. The van der Waals surface area contributed by atoms with Gasteiger partial charge in [0.1, 0.15) is 0 Å². The molecule has 0 atom stereocenters. The summed E-state index contributed by atoms with van der Waals surface area (Å²) in [5.74, 6) is 2.02. The molecule has 3 nitrogen and oxygen atoms in total. The van der Waals surface area contributed by atoms with Crippen molar-refractivity contribution in [3.63, 3.8) is 0 Å². The third-order valence-electron chi connectivity index (χ3n) is 7.29. The third-order valence-corrected chi connectivity index (χ3v) is 8.42. The zero-order valence-corrected chi connectivity index (χ0v) is 21.7. The number of nitrogens with zero attached hydrogens (tertiary/aromatic N) is 3. The maximum Gasteiger partial charge on any atom is 0.164 e. The molecule has 6 aromatic carbocycles. The van der Waals surface area contributed by atoms with Gasteiger partial charge in [-0.05, 0) is 45.8 Å². The molecule has 39 heavy (non-hydrogen) atoms. The highest BCUT2D eigenvalue weighted by molar-refractivity contribution is 7.25. The van der Waals surface area contributed by atoms with Crippen LogP contribution < -0.4 is 0 Å². The van der Waals surface area contributed by atoms with E-state index in [1.54, 1.807) is 11.3 Å². The summed E-state index contributed by atoms with van der Waals surface area (Å²) in [5.41, 5.74) is 2.94. The largest absolute Gasteiger partial charge is 0.208 e. The lowest BCUT2D eigenvalue weighted by molar-refractivity contribution is 1.08. The molecule has 0 saturated carbocycles. The number of benzene rings is 6. The summed E-state index contributed by atoms with van der Waals surface area (Å²) in [6.07, 6.45) is 0. The van der Waals surface area contributed by atoms with Crippen LogP contribution in [0.3, 0.4) is 0 Å². The Bertz CT molecular complexity index is 2100. The number of hydrogen-bond acceptors (Lipinski definition) is 4. The summed E-state index contributed by atoms with van der Waals surface area (Å²) in [7, 11) is 0. The van der Waals surface area contributed by atoms with Crippen LogP contribution in [0.2, 0.25) is 0 Å². The van der Waals surface area contributed by atoms with E-state index in [1.807, 2.05) is 0 Å². The minimum Gasteiger partial charge on any atom is -0.208 e. The molecular weight excluding hydrogens is 494 g/mol. The minimum absolute atomic E-state index is 0.672. The fourth-order valence-electron chi connectivity index (χ4n) is 5.29. The lowest BCUT2D eigenvalue weighted by atomic mass is 10.1. The van der Waals surface area contributed by atoms with Crippen LogP contribution in [-0.2, 0) is 0 Å². The first kappa shape index (κ1) is 22.1.